The molecule has 2 rings (SSSR count). The van der Waals surface area contributed by atoms with Crippen LogP contribution in [0.25, 0.3) is 10.9 Å². The van der Waals surface area contributed by atoms with Crippen molar-refractivity contribution in [3.8, 4) is 0 Å². The number of rotatable bonds is 2. The van der Waals surface area contributed by atoms with Gasteiger partial charge in [0.15, 0.2) is 0 Å². The van der Waals surface area contributed by atoms with Crippen molar-refractivity contribution in [2.45, 2.75) is 11.8 Å². The average Bonchev–Trinajstić information content (AvgIpc) is 2.51. The predicted octanol–water partition coefficient (Wildman–Crippen LogP) is 3.28. The van der Waals surface area contributed by atoms with E-state index in [1.165, 1.54) is 15.8 Å². The van der Waals surface area contributed by atoms with E-state index in [1.807, 2.05) is 18.0 Å². The number of aromatic nitrogens is 1. The molecule has 62 valence electrons. The van der Waals surface area contributed by atoms with Crippen molar-refractivity contribution in [1.29, 1.82) is 0 Å². The van der Waals surface area contributed by atoms with Gasteiger partial charge in [-0.1, -0.05) is 13.0 Å². The molecule has 0 atom stereocenters. The fourth-order valence-electron chi connectivity index (χ4n) is 1.28. The molecule has 1 heterocycles. The molecule has 0 unspecified atom stereocenters. The molecule has 0 radical (unpaired) electrons. The van der Waals surface area contributed by atoms with E-state index in [0.717, 1.165) is 5.75 Å². The van der Waals surface area contributed by atoms with Crippen LogP contribution in [0, 0.1) is 0 Å². The van der Waals surface area contributed by atoms with Gasteiger partial charge in [-0.05, 0) is 29.3 Å². The van der Waals surface area contributed by atoms with Gasteiger partial charge in [-0.25, -0.2) is 0 Å². The lowest BCUT2D eigenvalue weighted by Gasteiger charge is -1.97. The standard InChI is InChI=1S/C10H11NS/c1-2-12-9-4-3-8-5-6-11-10(8)7-9/h3-7,11H,2H2,1H3. The number of benzene rings is 1. The van der Waals surface area contributed by atoms with Crippen molar-refractivity contribution in [1.82, 2.24) is 4.98 Å². The second kappa shape index (κ2) is 3.23. The van der Waals surface area contributed by atoms with Crippen LogP contribution in [-0.2, 0) is 0 Å². The Morgan fingerprint density at radius 3 is 3.08 bits per heavy atom. The summed E-state index contributed by atoms with van der Waals surface area (Å²) >= 11 is 1.87. The first-order valence-electron chi connectivity index (χ1n) is 4.10. The third-order valence-corrected chi connectivity index (χ3v) is 2.71. The van der Waals surface area contributed by atoms with Crippen LogP contribution in [0.5, 0.6) is 0 Å². The maximum absolute atomic E-state index is 3.21. The van der Waals surface area contributed by atoms with Gasteiger partial charge in [-0.2, -0.15) is 0 Å². The molecule has 2 aromatic rings. The Balaban J connectivity index is 2.46. The Morgan fingerprint density at radius 2 is 2.25 bits per heavy atom. The highest BCUT2D eigenvalue weighted by molar-refractivity contribution is 7.99. The van der Waals surface area contributed by atoms with Gasteiger partial charge in [0.2, 0.25) is 0 Å². The number of hydrogen-bond donors (Lipinski definition) is 1. The van der Waals surface area contributed by atoms with Gasteiger partial charge >= 0.3 is 0 Å². The zero-order chi connectivity index (χ0) is 8.39. The van der Waals surface area contributed by atoms with Gasteiger partial charge in [0.25, 0.3) is 0 Å². The van der Waals surface area contributed by atoms with E-state index >= 15 is 0 Å². The topological polar surface area (TPSA) is 15.8 Å². The molecule has 0 saturated heterocycles. The molecule has 0 amide bonds. The summed E-state index contributed by atoms with van der Waals surface area (Å²) in [5.74, 6) is 1.13. The summed E-state index contributed by atoms with van der Waals surface area (Å²) in [4.78, 5) is 4.55. The van der Waals surface area contributed by atoms with Crippen LogP contribution >= 0.6 is 11.8 Å². The number of aromatic amines is 1. The average molecular weight is 177 g/mol. The second-order valence-corrected chi connectivity index (χ2v) is 4.00. The first-order chi connectivity index (χ1) is 5.90. The van der Waals surface area contributed by atoms with Gasteiger partial charge in [0.05, 0.1) is 0 Å². The van der Waals surface area contributed by atoms with E-state index in [1.54, 1.807) is 0 Å². The van der Waals surface area contributed by atoms with Crippen molar-refractivity contribution >= 4 is 22.7 Å². The van der Waals surface area contributed by atoms with Gasteiger partial charge in [-0.15, -0.1) is 11.8 Å². The van der Waals surface area contributed by atoms with Crippen molar-refractivity contribution in [2.24, 2.45) is 0 Å². The summed E-state index contributed by atoms with van der Waals surface area (Å²) in [5, 5.41) is 1.29. The Hall–Kier alpha value is -0.890. The van der Waals surface area contributed by atoms with Crippen molar-refractivity contribution < 1.29 is 0 Å². The molecule has 1 aromatic carbocycles. The number of thioether (sulfide) groups is 1. The van der Waals surface area contributed by atoms with E-state index < -0.39 is 0 Å². The molecule has 0 aliphatic rings. The molecule has 1 aromatic heterocycles. The van der Waals surface area contributed by atoms with E-state index in [9.17, 15) is 0 Å². The highest BCUT2D eigenvalue weighted by Gasteiger charge is 1.95. The van der Waals surface area contributed by atoms with Crippen LogP contribution in [0.2, 0.25) is 0 Å². The highest BCUT2D eigenvalue weighted by Crippen LogP contribution is 2.22. The maximum atomic E-state index is 3.21. The summed E-state index contributed by atoms with van der Waals surface area (Å²) in [6.45, 7) is 2.17. The molecule has 0 saturated carbocycles. The summed E-state index contributed by atoms with van der Waals surface area (Å²) < 4.78 is 0. The van der Waals surface area contributed by atoms with Crippen LogP contribution in [0.15, 0.2) is 35.4 Å². The quantitative estimate of drug-likeness (QED) is 0.696. The molecular weight excluding hydrogens is 166 g/mol. The Morgan fingerprint density at radius 1 is 1.33 bits per heavy atom. The molecule has 1 N–H and O–H groups in total. The Bertz CT molecular complexity index is 378. The minimum atomic E-state index is 1.13. The summed E-state index contributed by atoms with van der Waals surface area (Å²) in [7, 11) is 0. The van der Waals surface area contributed by atoms with Gasteiger partial charge in [0, 0.05) is 16.6 Å². The van der Waals surface area contributed by atoms with Crippen LogP contribution in [-0.4, -0.2) is 10.7 Å². The Labute approximate surface area is 76.2 Å². The first kappa shape index (κ1) is 7.74. The van der Waals surface area contributed by atoms with Crippen molar-refractivity contribution in [3.63, 3.8) is 0 Å². The van der Waals surface area contributed by atoms with Gasteiger partial charge in [-0.3, -0.25) is 0 Å². The minimum absolute atomic E-state index is 1.13. The van der Waals surface area contributed by atoms with E-state index in [2.05, 4.69) is 36.2 Å². The molecule has 12 heavy (non-hydrogen) atoms. The third kappa shape index (κ3) is 1.34. The molecule has 0 aliphatic carbocycles. The lowest BCUT2D eigenvalue weighted by Crippen LogP contribution is -1.73. The summed E-state index contributed by atoms with van der Waals surface area (Å²) in [6, 6.07) is 8.62. The Kier molecular flexibility index (Phi) is 2.09. The lowest BCUT2D eigenvalue weighted by molar-refractivity contribution is 1.42. The van der Waals surface area contributed by atoms with Crippen LogP contribution in [0.4, 0.5) is 0 Å². The summed E-state index contributed by atoms with van der Waals surface area (Å²) in [6.07, 6.45) is 1.98. The number of hydrogen-bond acceptors (Lipinski definition) is 1. The molecule has 0 bridgehead atoms. The molecular formula is C10H11NS. The normalized spacial score (nSPS) is 10.8. The van der Waals surface area contributed by atoms with Gasteiger partial charge < -0.3 is 4.98 Å². The minimum Gasteiger partial charge on any atom is -0.361 e. The highest BCUT2D eigenvalue weighted by atomic mass is 32.2. The zero-order valence-corrected chi connectivity index (χ0v) is 7.82. The fraction of sp³-hybridized carbons (Fsp3) is 0.200. The van der Waals surface area contributed by atoms with E-state index in [4.69, 9.17) is 0 Å². The molecule has 0 fully saturated rings. The lowest BCUT2D eigenvalue weighted by atomic mass is 10.2. The van der Waals surface area contributed by atoms with Crippen LogP contribution in [0.3, 0.4) is 0 Å². The molecule has 2 heteroatoms. The number of fused-ring (bicyclic) bond motifs is 1. The van der Waals surface area contributed by atoms with Crippen LogP contribution in [0.1, 0.15) is 6.92 Å². The number of nitrogens with one attached hydrogen (secondary N) is 1. The van der Waals surface area contributed by atoms with Crippen molar-refractivity contribution in [2.75, 3.05) is 5.75 Å². The zero-order valence-electron chi connectivity index (χ0n) is 7.00. The largest absolute Gasteiger partial charge is 0.361 e. The molecule has 0 spiro atoms. The monoisotopic (exact) mass is 177 g/mol. The fourth-order valence-corrected chi connectivity index (χ4v) is 1.98. The predicted molar refractivity (Wildman–Crippen MR) is 54.7 cm³/mol. The third-order valence-electron chi connectivity index (χ3n) is 1.84. The molecule has 1 nitrogen and oxygen atoms in total. The smallest absolute Gasteiger partial charge is 0.0465 e. The first-order valence-corrected chi connectivity index (χ1v) is 5.08. The van der Waals surface area contributed by atoms with E-state index in [-0.39, 0.29) is 0 Å². The van der Waals surface area contributed by atoms with E-state index in [0.29, 0.717) is 0 Å². The maximum Gasteiger partial charge on any atom is 0.0465 e. The SMILES string of the molecule is CCSc1ccc2cc[nH]c2c1. The molecule has 0 aliphatic heterocycles. The second-order valence-electron chi connectivity index (χ2n) is 2.66. The van der Waals surface area contributed by atoms with Gasteiger partial charge in [0.1, 0.15) is 0 Å². The summed E-state index contributed by atoms with van der Waals surface area (Å²) in [5.41, 5.74) is 1.23. The van der Waals surface area contributed by atoms with Crippen molar-refractivity contribution in [3.05, 3.63) is 30.5 Å². The number of H-pyrrole nitrogens is 1. The van der Waals surface area contributed by atoms with Crippen LogP contribution < -0.4 is 0 Å².